The highest BCUT2D eigenvalue weighted by atomic mass is 13.8. The Labute approximate surface area is 56.6 Å². The van der Waals surface area contributed by atoms with Gasteiger partial charge in [0.25, 0.3) is 0 Å². The first-order valence-electron chi connectivity index (χ1n) is 2.87. The van der Waals surface area contributed by atoms with Crippen LogP contribution in [0.1, 0.15) is 5.56 Å². The third kappa shape index (κ3) is 1.76. The average Bonchev–Trinajstić information content (AvgIpc) is 1.91. The van der Waals surface area contributed by atoms with Gasteiger partial charge in [-0.3, -0.25) is 0 Å². The smallest absolute Gasteiger partial charge is 0.102 e. The summed E-state index contributed by atoms with van der Waals surface area (Å²) in [5.74, 6) is 1.54. The molecule has 0 unspecified atom stereocenters. The van der Waals surface area contributed by atoms with Crippen molar-refractivity contribution in [2.24, 2.45) is 0 Å². The highest BCUT2D eigenvalue weighted by Gasteiger charge is 1.77. The van der Waals surface area contributed by atoms with Gasteiger partial charge in [0.1, 0.15) is 7.85 Å². The van der Waals surface area contributed by atoms with E-state index in [1.807, 2.05) is 36.4 Å². The van der Waals surface area contributed by atoms with Gasteiger partial charge < -0.3 is 0 Å². The minimum atomic E-state index is 1.14. The Morgan fingerprint density at radius 1 is 1.11 bits per heavy atom. The van der Waals surface area contributed by atoms with Gasteiger partial charge in [-0.2, -0.15) is 0 Å². The molecule has 0 aliphatic heterocycles. The number of hydrogen-bond acceptors (Lipinski definition) is 0. The van der Waals surface area contributed by atoms with Crippen molar-refractivity contribution in [2.45, 2.75) is 0 Å². The molecule has 0 fully saturated rings. The molecule has 0 aromatic heterocycles. The van der Waals surface area contributed by atoms with Crippen LogP contribution in [-0.4, -0.2) is 7.85 Å². The van der Waals surface area contributed by atoms with E-state index in [9.17, 15) is 0 Å². The fourth-order valence-electron chi connectivity index (χ4n) is 0.675. The first kappa shape index (κ1) is 6.15. The van der Waals surface area contributed by atoms with Crippen molar-refractivity contribution in [1.29, 1.82) is 0 Å². The zero-order valence-corrected chi connectivity index (χ0v) is 5.12. The molecule has 9 heavy (non-hydrogen) atoms. The molecular weight excluding hydrogens is 107 g/mol. The van der Waals surface area contributed by atoms with Crippen molar-refractivity contribution in [2.75, 3.05) is 0 Å². The minimum Gasteiger partial charge on any atom is -0.131 e. The van der Waals surface area contributed by atoms with E-state index < -0.39 is 0 Å². The molecule has 2 radical (unpaired) electrons. The minimum absolute atomic E-state index is 1.14. The maximum Gasteiger partial charge on any atom is 0.102 e. The van der Waals surface area contributed by atoms with Gasteiger partial charge in [0.05, 0.1) is 0 Å². The molecule has 0 aliphatic carbocycles. The van der Waals surface area contributed by atoms with Gasteiger partial charge >= 0.3 is 0 Å². The summed E-state index contributed by atoms with van der Waals surface area (Å²) in [6.45, 7) is 0. The first-order valence-corrected chi connectivity index (χ1v) is 2.87. The van der Waals surface area contributed by atoms with Crippen LogP contribution in [-0.2, 0) is 0 Å². The molecular formula is C8H7B. The van der Waals surface area contributed by atoms with Gasteiger partial charge in [-0.25, -0.2) is 0 Å². The van der Waals surface area contributed by atoms with Crippen LogP contribution >= 0.6 is 0 Å². The Morgan fingerprint density at radius 2 is 1.78 bits per heavy atom. The van der Waals surface area contributed by atoms with Gasteiger partial charge in [0.15, 0.2) is 0 Å². The predicted octanol–water partition coefficient (Wildman–Crippen LogP) is 1.83. The second-order valence-electron chi connectivity index (χ2n) is 1.77. The first-order chi connectivity index (χ1) is 4.43. The summed E-state index contributed by atoms with van der Waals surface area (Å²) < 4.78 is 0. The molecule has 1 rings (SSSR count). The standard InChI is InChI=1S/C8H7B/c9-7-6-8-4-2-1-3-5-8/h1-7H/b7-6+. The lowest BCUT2D eigenvalue weighted by molar-refractivity contribution is 1.66. The Bertz CT molecular complexity index is 189. The van der Waals surface area contributed by atoms with Crippen molar-refractivity contribution < 1.29 is 0 Å². The second kappa shape index (κ2) is 3.13. The summed E-state index contributed by atoms with van der Waals surface area (Å²) in [4.78, 5) is 0. The normalized spacial score (nSPS) is 10.2. The number of benzene rings is 1. The molecule has 0 saturated carbocycles. The molecule has 0 N–H and O–H groups in total. The second-order valence-corrected chi connectivity index (χ2v) is 1.77. The molecule has 0 aliphatic rings. The summed E-state index contributed by atoms with van der Waals surface area (Å²) >= 11 is 0. The van der Waals surface area contributed by atoms with Crippen LogP contribution in [0.5, 0.6) is 0 Å². The Kier molecular flexibility index (Phi) is 2.14. The van der Waals surface area contributed by atoms with E-state index in [4.69, 9.17) is 7.85 Å². The van der Waals surface area contributed by atoms with Gasteiger partial charge in [-0.05, 0) is 5.56 Å². The van der Waals surface area contributed by atoms with E-state index >= 15 is 0 Å². The van der Waals surface area contributed by atoms with Crippen molar-refractivity contribution in [1.82, 2.24) is 0 Å². The van der Waals surface area contributed by atoms with Crippen LogP contribution in [0.3, 0.4) is 0 Å². The van der Waals surface area contributed by atoms with Crippen LogP contribution in [0.4, 0.5) is 0 Å². The molecule has 1 aromatic carbocycles. The van der Waals surface area contributed by atoms with Gasteiger partial charge in [0, 0.05) is 0 Å². The zero-order valence-electron chi connectivity index (χ0n) is 5.12. The summed E-state index contributed by atoms with van der Waals surface area (Å²) in [5, 5.41) is 0. The molecule has 0 atom stereocenters. The van der Waals surface area contributed by atoms with E-state index in [2.05, 4.69) is 0 Å². The Balaban J connectivity index is 2.85. The predicted molar refractivity (Wildman–Crippen MR) is 41.2 cm³/mol. The van der Waals surface area contributed by atoms with Crippen molar-refractivity contribution in [3.05, 3.63) is 41.9 Å². The number of hydrogen-bond donors (Lipinski definition) is 0. The molecule has 0 heterocycles. The maximum absolute atomic E-state index is 5.18. The number of rotatable bonds is 1. The third-order valence-corrected chi connectivity index (χ3v) is 1.09. The molecule has 0 amide bonds. The Hall–Kier alpha value is -0.975. The van der Waals surface area contributed by atoms with Gasteiger partial charge in [-0.15, -0.1) is 5.98 Å². The maximum atomic E-state index is 5.18. The summed E-state index contributed by atoms with van der Waals surface area (Å²) in [5.41, 5.74) is 1.14. The SMILES string of the molecule is [B]/C=C/c1ccccc1. The van der Waals surface area contributed by atoms with Crippen LogP contribution < -0.4 is 0 Å². The van der Waals surface area contributed by atoms with Crippen LogP contribution in [0, 0.1) is 0 Å². The monoisotopic (exact) mass is 114 g/mol. The van der Waals surface area contributed by atoms with Crippen LogP contribution in [0.15, 0.2) is 36.3 Å². The fourth-order valence-corrected chi connectivity index (χ4v) is 0.675. The molecule has 0 bridgehead atoms. The fraction of sp³-hybridized carbons (Fsp3) is 0. The summed E-state index contributed by atoms with van der Waals surface area (Å²) in [7, 11) is 5.18. The summed E-state index contributed by atoms with van der Waals surface area (Å²) in [6, 6.07) is 9.95. The highest BCUT2D eigenvalue weighted by Crippen LogP contribution is 1.98. The average molecular weight is 114 g/mol. The van der Waals surface area contributed by atoms with Crippen LogP contribution in [0.2, 0.25) is 0 Å². The molecule has 1 heteroatoms. The highest BCUT2D eigenvalue weighted by molar-refractivity contribution is 6.19. The van der Waals surface area contributed by atoms with E-state index in [0.717, 1.165) is 5.56 Å². The quantitative estimate of drug-likeness (QED) is 0.488. The van der Waals surface area contributed by atoms with E-state index in [1.165, 1.54) is 5.98 Å². The van der Waals surface area contributed by atoms with Gasteiger partial charge in [0.2, 0.25) is 0 Å². The third-order valence-electron chi connectivity index (χ3n) is 1.09. The van der Waals surface area contributed by atoms with Gasteiger partial charge in [-0.1, -0.05) is 36.4 Å². The zero-order chi connectivity index (χ0) is 6.53. The molecule has 0 saturated heterocycles. The van der Waals surface area contributed by atoms with Crippen molar-refractivity contribution in [3.63, 3.8) is 0 Å². The topological polar surface area (TPSA) is 0 Å². The van der Waals surface area contributed by atoms with Crippen LogP contribution in [0.25, 0.3) is 6.08 Å². The molecule has 42 valence electrons. The molecule has 0 spiro atoms. The van der Waals surface area contributed by atoms with E-state index in [-0.39, 0.29) is 0 Å². The summed E-state index contributed by atoms with van der Waals surface area (Å²) in [6.07, 6.45) is 1.86. The lowest BCUT2D eigenvalue weighted by atomic mass is 10.1. The lowest BCUT2D eigenvalue weighted by Gasteiger charge is -1.87. The lowest BCUT2D eigenvalue weighted by Crippen LogP contribution is -1.66. The Morgan fingerprint density at radius 3 is 2.33 bits per heavy atom. The molecule has 0 nitrogen and oxygen atoms in total. The van der Waals surface area contributed by atoms with Crippen molar-refractivity contribution in [3.8, 4) is 0 Å². The molecule has 1 aromatic rings. The van der Waals surface area contributed by atoms with Crippen molar-refractivity contribution >= 4 is 13.9 Å². The van der Waals surface area contributed by atoms with E-state index in [1.54, 1.807) is 0 Å². The largest absolute Gasteiger partial charge is 0.131 e. The van der Waals surface area contributed by atoms with E-state index in [0.29, 0.717) is 0 Å².